The van der Waals surface area contributed by atoms with Crippen LogP contribution in [0, 0.1) is 0 Å². The lowest BCUT2D eigenvalue weighted by Gasteiger charge is -2.34. The van der Waals surface area contributed by atoms with Crippen LogP contribution in [-0.2, 0) is 4.79 Å². The Morgan fingerprint density at radius 3 is 2.65 bits per heavy atom. The van der Waals surface area contributed by atoms with E-state index in [9.17, 15) is 4.79 Å². The monoisotopic (exact) mass is 316 g/mol. The molecule has 0 radical (unpaired) electrons. The van der Waals surface area contributed by atoms with E-state index in [2.05, 4.69) is 9.80 Å². The predicted octanol–water partition coefficient (Wildman–Crippen LogP) is 2.93. The maximum absolute atomic E-state index is 11.8. The molecule has 0 bridgehead atoms. The highest BCUT2D eigenvalue weighted by molar-refractivity contribution is 5.74. The molecule has 1 amide bonds. The quantitative estimate of drug-likeness (QED) is 0.757. The van der Waals surface area contributed by atoms with Gasteiger partial charge in [-0.3, -0.25) is 9.69 Å². The number of carbonyl (C=O) groups excluding carboxylic acids is 1. The van der Waals surface area contributed by atoms with Crippen LogP contribution in [0.5, 0.6) is 5.75 Å². The summed E-state index contributed by atoms with van der Waals surface area (Å²) in [4.78, 5) is 16.5. The second-order valence-electron chi connectivity index (χ2n) is 6.68. The Morgan fingerprint density at radius 1 is 1.13 bits per heavy atom. The SMILES string of the molecule is CC(=O)N1CCC[C@H]1[C@@H]1CCCN1CCCOc1ccccc1. The lowest BCUT2D eigenvalue weighted by Crippen LogP contribution is -2.48. The van der Waals surface area contributed by atoms with Gasteiger partial charge in [0.1, 0.15) is 5.75 Å². The van der Waals surface area contributed by atoms with Crippen LogP contribution in [0.4, 0.5) is 0 Å². The summed E-state index contributed by atoms with van der Waals surface area (Å²) < 4.78 is 5.79. The summed E-state index contributed by atoms with van der Waals surface area (Å²) in [6.07, 6.45) is 5.85. The third kappa shape index (κ3) is 4.05. The lowest BCUT2D eigenvalue weighted by molar-refractivity contribution is -0.130. The van der Waals surface area contributed by atoms with Crippen molar-refractivity contribution in [2.24, 2.45) is 0 Å². The van der Waals surface area contributed by atoms with Gasteiger partial charge in [-0.2, -0.15) is 0 Å². The van der Waals surface area contributed by atoms with Gasteiger partial charge < -0.3 is 9.64 Å². The summed E-state index contributed by atoms with van der Waals surface area (Å²) >= 11 is 0. The first-order valence-corrected chi connectivity index (χ1v) is 8.95. The van der Waals surface area contributed by atoms with Gasteiger partial charge in [-0.25, -0.2) is 0 Å². The number of likely N-dealkylation sites (tertiary alicyclic amines) is 2. The second kappa shape index (κ2) is 7.82. The van der Waals surface area contributed by atoms with Crippen LogP contribution in [0.2, 0.25) is 0 Å². The first-order chi connectivity index (χ1) is 11.3. The largest absolute Gasteiger partial charge is 0.494 e. The van der Waals surface area contributed by atoms with Crippen LogP contribution in [0.15, 0.2) is 30.3 Å². The zero-order chi connectivity index (χ0) is 16.1. The highest BCUT2D eigenvalue weighted by atomic mass is 16.5. The van der Waals surface area contributed by atoms with Gasteiger partial charge in [0.15, 0.2) is 0 Å². The van der Waals surface area contributed by atoms with Crippen molar-refractivity contribution < 1.29 is 9.53 Å². The minimum atomic E-state index is 0.242. The molecule has 2 fully saturated rings. The molecule has 2 aliphatic rings. The zero-order valence-electron chi connectivity index (χ0n) is 14.1. The van der Waals surface area contributed by atoms with Crippen LogP contribution in [0.3, 0.4) is 0 Å². The van der Waals surface area contributed by atoms with Gasteiger partial charge in [0.05, 0.1) is 6.61 Å². The third-order valence-electron chi connectivity index (χ3n) is 5.16. The molecule has 2 heterocycles. The highest BCUT2D eigenvalue weighted by Gasteiger charge is 2.38. The molecule has 0 spiro atoms. The van der Waals surface area contributed by atoms with E-state index in [1.165, 1.54) is 19.3 Å². The van der Waals surface area contributed by atoms with E-state index in [4.69, 9.17) is 4.74 Å². The van der Waals surface area contributed by atoms with Crippen molar-refractivity contribution in [2.75, 3.05) is 26.2 Å². The van der Waals surface area contributed by atoms with Crippen LogP contribution >= 0.6 is 0 Å². The van der Waals surface area contributed by atoms with Crippen LogP contribution < -0.4 is 4.74 Å². The number of hydrogen-bond donors (Lipinski definition) is 0. The summed E-state index contributed by atoms with van der Waals surface area (Å²) in [6, 6.07) is 11.0. The van der Waals surface area contributed by atoms with Crippen LogP contribution in [0.1, 0.15) is 39.0 Å². The van der Waals surface area contributed by atoms with Gasteiger partial charge in [0.25, 0.3) is 0 Å². The van der Waals surface area contributed by atoms with E-state index in [1.807, 2.05) is 30.3 Å². The topological polar surface area (TPSA) is 32.8 Å². The fourth-order valence-corrected chi connectivity index (χ4v) is 4.12. The van der Waals surface area contributed by atoms with Crippen molar-refractivity contribution in [1.82, 2.24) is 9.80 Å². The van der Waals surface area contributed by atoms with Crippen molar-refractivity contribution in [1.29, 1.82) is 0 Å². The zero-order valence-corrected chi connectivity index (χ0v) is 14.1. The van der Waals surface area contributed by atoms with Gasteiger partial charge in [-0.05, 0) is 50.8 Å². The Morgan fingerprint density at radius 2 is 1.87 bits per heavy atom. The average Bonchev–Trinajstić information content (AvgIpc) is 3.21. The molecule has 2 saturated heterocycles. The number of amides is 1. The number of para-hydroxylation sites is 1. The molecule has 23 heavy (non-hydrogen) atoms. The smallest absolute Gasteiger partial charge is 0.219 e. The molecule has 1 aromatic carbocycles. The first kappa shape index (κ1) is 16.3. The fraction of sp³-hybridized carbons (Fsp3) is 0.632. The summed E-state index contributed by atoms with van der Waals surface area (Å²) in [5, 5.41) is 0. The standard InChI is InChI=1S/C19H28N2O2/c1-16(22)21-14-6-11-19(21)18-10-5-12-20(18)13-7-15-23-17-8-3-2-4-9-17/h2-4,8-9,18-19H,5-7,10-15H2,1H3/t18-,19-/m0/s1. The minimum absolute atomic E-state index is 0.242. The predicted molar refractivity (Wildman–Crippen MR) is 91.6 cm³/mol. The molecule has 1 aromatic rings. The van der Waals surface area contributed by atoms with Gasteiger partial charge >= 0.3 is 0 Å². The number of hydrogen-bond acceptors (Lipinski definition) is 3. The second-order valence-corrected chi connectivity index (χ2v) is 6.68. The summed E-state index contributed by atoms with van der Waals surface area (Å²) in [6.45, 7) is 5.65. The maximum atomic E-state index is 11.8. The van der Waals surface area contributed by atoms with E-state index >= 15 is 0 Å². The molecule has 2 aliphatic heterocycles. The molecule has 4 heteroatoms. The molecular weight excluding hydrogens is 288 g/mol. The Kier molecular flexibility index (Phi) is 5.55. The number of ether oxygens (including phenoxy) is 1. The summed E-state index contributed by atoms with van der Waals surface area (Å²) in [5.74, 6) is 1.19. The van der Waals surface area contributed by atoms with Crippen molar-refractivity contribution in [3.05, 3.63) is 30.3 Å². The number of rotatable bonds is 6. The number of nitrogens with zero attached hydrogens (tertiary/aromatic N) is 2. The molecule has 0 saturated carbocycles. The van der Waals surface area contributed by atoms with Crippen molar-refractivity contribution in [3.63, 3.8) is 0 Å². The Labute approximate surface area is 139 Å². The van der Waals surface area contributed by atoms with E-state index in [0.717, 1.165) is 44.8 Å². The highest BCUT2D eigenvalue weighted by Crippen LogP contribution is 2.30. The maximum Gasteiger partial charge on any atom is 0.219 e. The minimum Gasteiger partial charge on any atom is -0.494 e. The van der Waals surface area contributed by atoms with Gasteiger partial charge in [0.2, 0.25) is 5.91 Å². The van der Waals surface area contributed by atoms with Crippen molar-refractivity contribution in [2.45, 2.75) is 51.1 Å². The molecule has 2 atom stereocenters. The van der Waals surface area contributed by atoms with Gasteiger partial charge in [-0.15, -0.1) is 0 Å². The molecule has 3 rings (SSSR count). The van der Waals surface area contributed by atoms with Gasteiger partial charge in [0, 0.05) is 32.1 Å². The normalized spacial score (nSPS) is 25.0. The van der Waals surface area contributed by atoms with E-state index < -0.39 is 0 Å². The Balaban J connectivity index is 1.46. The summed E-state index contributed by atoms with van der Waals surface area (Å²) in [7, 11) is 0. The average molecular weight is 316 g/mol. The Hall–Kier alpha value is -1.55. The molecule has 126 valence electrons. The molecular formula is C19H28N2O2. The molecule has 0 unspecified atom stereocenters. The third-order valence-corrected chi connectivity index (χ3v) is 5.16. The number of benzene rings is 1. The van der Waals surface area contributed by atoms with Gasteiger partial charge in [-0.1, -0.05) is 18.2 Å². The van der Waals surface area contributed by atoms with Crippen LogP contribution in [0.25, 0.3) is 0 Å². The number of carbonyl (C=O) groups is 1. The van der Waals surface area contributed by atoms with Crippen molar-refractivity contribution >= 4 is 5.91 Å². The Bertz CT molecular complexity index is 505. The van der Waals surface area contributed by atoms with E-state index in [0.29, 0.717) is 12.1 Å². The fourth-order valence-electron chi connectivity index (χ4n) is 4.12. The van der Waals surface area contributed by atoms with Crippen LogP contribution in [-0.4, -0.2) is 54.0 Å². The molecule has 0 N–H and O–H groups in total. The lowest BCUT2D eigenvalue weighted by atomic mass is 10.0. The first-order valence-electron chi connectivity index (χ1n) is 8.95. The van der Waals surface area contributed by atoms with E-state index in [1.54, 1.807) is 6.92 Å². The summed E-state index contributed by atoms with van der Waals surface area (Å²) in [5.41, 5.74) is 0. The molecule has 4 nitrogen and oxygen atoms in total. The van der Waals surface area contributed by atoms with E-state index in [-0.39, 0.29) is 5.91 Å². The molecule has 0 aliphatic carbocycles. The van der Waals surface area contributed by atoms with Crippen molar-refractivity contribution in [3.8, 4) is 5.75 Å². The molecule has 0 aromatic heterocycles.